The average molecular weight is 213 g/mol. The second-order valence-corrected chi connectivity index (χ2v) is 3.43. The van der Waals surface area contributed by atoms with Crippen molar-refractivity contribution in [3.8, 4) is 0 Å². The molecular weight excluding hydrogens is 194 g/mol. The predicted molar refractivity (Wildman–Crippen MR) is 60.8 cm³/mol. The Labute approximate surface area is 89.9 Å². The molecule has 0 fully saturated rings. The molecule has 0 heterocycles. The van der Waals surface area contributed by atoms with Gasteiger partial charge in [0.05, 0.1) is 5.84 Å². The highest BCUT2D eigenvalue weighted by molar-refractivity contribution is 5.77. The number of nitrogens with two attached hydrogens (primary N) is 2. The molecule has 0 aliphatic heterocycles. The third kappa shape index (κ3) is 6.68. The lowest BCUT2D eigenvalue weighted by Crippen LogP contribution is -2.31. The molecule has 86 valence electrons. The molecule has 5 N–H and O–H groups in total. The zero-order chi connectivity index (χ0) is 11.8. The van der Waals surface area contributed by atoms with Crippen LogP contribution in [0.1, 0.15) is 26.7 Å². The number of hydrogen-bond acceptors (Lipinski definition) is 3. The lowest BCUT2D eigenvalue weighted by molar-refractivity contribution is -0.137. The lowest BCUT2D eigenvalue weighted by atomic mass is 10.1. The van der Waals surface area contributed by atoms with Gasteiger partial charge in [-0.05, 0) is 32.3 Å². The molecule has 15 heavy (non-hydrogen) atoms. The summed E-state index contributed by atoms with van der Waals surface area (Å²) in [5.41, 5.74) is 11.4. The summed E-state index contributed by atoms with van der Waals surface area (Å²) >= 11 is 0. The van der Waals surface area contributed by atoms with Crippen LogP contribution in [-0.2, 0) is 4.79 Å². The molecule has 0 aliphatic rings. The Bertz CT molecular complexity index is 268. The number of carboxylic acids is 1. The highest BCUT2D eigenvalue weighted by Gasteiger charge is 2.12. The Morgan fingerprint density at radius 3 is 2.60 bits per heavy atom. The van der Waals surface area contributed by atoms with E-state index >= 15 is 0 Å². The van der Waals surface area contributed by atoms with E-state index in [2.05, 4.69) is 4.99 Å². The first-order chi connectivity index (χ1) is 6.95. The van der Waals surface area contributed by atoms with Crippen LogP contribution in [0.4, 0.5) is 0 Å². The third-order valence-electron chi connectivity index (χ3n) is 1.95. The molecule has 0 spiro atoms. The fourth-order valence-corrected chi connectivity index (χ4v) is 0.998. The molecule has 0 bridgehead atoms. The number of nitrogens with zero attached hydrogens (tertiary/aromatic N) is 1. The van der Waals surface area contributed by atoms with Crippen molar-refractivity contribution in [1.29, 1.82) is 0 Å². The summed E-state index contributed by atoms with van der Waals surface area (Å²) in [6.07, 6.45) is 3.45. The number of unbranched alkanes of at least 4 members (excludes halogenated alkanes) is 1. The van der Waals surface area contributed by atoms with E-state index < -0.39 is 12.0 Å². The quantitative estimate of drug-likeness (QED) is 0.259. The van der Waals surface area contributed by atoms with E-state index in [0.717, 1.165) is 12.8 Å². The maximum absolute atomic E-state index is 10.5. The van der Waals surface area contributed by atoms with Crippen LogP contribution in [0.15, 0.2) is 16.6 Å². The van der Waals surface area contributed by atoms with Crippen molar-refractivity contribution in [2.24, 2.45) is 16.5 Å². The Morgan fingerprint density at radius 1 is 1.53 bits per heavy atom. The zero-order valence-corrected chi connectivity index (χ0v) is 9.23. The predicted octanol–water partition coefficient (Wildman–Crippen LogP) is 0.502. The Balaban J connectivity index is 3.87. The molecule has 5 heteroatoms. The maximum atomic E-state index is 10.5. The lowest BCUT2D eigenvalue weighted by Gasteiger charge is -2.05. The van der Waals surface area contributed by atoms with Crippen molar-refractivity contribution in [2.45, 2.75) is 32.7 Å². The van der Waals surface area contributed by atoms with Crippen LogP contribution < -0.4 is 11.5 Å². The smallest absolute Gasteiger partial charge is 0.324 e. The molecule has 0 aromatic heterocycles. The number of amidine groups is 1. The number of aliphatic imine (C=N–C) groups is 1. The molecule has 0 radical (unpaired) electrons. The Kier molecular flexibility index (Phi) is 6.37. The molecule has 1 unspecified atom stereocenters. The fourth-order valence-electron chi connectivity index (χ4n) is 0.998. The van der Waals surface area contributed by atoms with E-state index in [1.807, 2.05) is 6.08 Å². The number of aliphatic carboxylic acids is 1. The fraction of sp³-hybridized carbons (Fsp3) is 0.600. The standard InChI is InChI=1S/C10H19N3O2/c1-7(9(12)10(14)15)5-3-4-6-13-8(2)11/h5,9H,3-4,6,12H2,1-2H3,(H2,11,13)(H,14,15). The average Bonchev–Trinajstić information content (AvgIpc) is 2.15. The van der Waals surface area contributed by atoms with E-state index in [1.165, 1.54) is 0 Å². The van der Waals surface area contributed by atoms with Gasteiger partial charge in [-0.25, -0.2) is 0 Å². The minimum Gasteiger partial charge on any atom is -0.480 e. The molecule has 0 saturated carbocycles. The minimum absolute atomic E-state index is 0.568. The van der Waals surface area contributed by atoms with Gasteiger partial charge >= 0.3 is 5.97 Å². The highest BCUT2D eigenvalue weighted by atomic mass is 16.4. The summed E-state index contributed by atoms with van der Waals surface area (Å²) in [6.45, 7) is 4.12. The number of allylic oxidation sites excluding steroid dienone is 1. The summed E-state index contributed by atoms with van der Waals surface area (Å²) in [5.74, 6) is -0.433. The van der Waals surface area contributed by atoms with Crippen LogP contribution in [0, 0.1) is 0 Å². The molecule has 0 saturated heterocycles. The third-order valence-corrected chi connectivity index (χ3v) is 1.95. The zero-order valence-electron chi connectivity index (χ0n) is 9.23. The largest absolute Gasteiger partial charge is 0.480 e. The van der Waals surface area contributed by atoms with Crippen molar-refractivity contribution < 1.29 is 9.90 Å². The van der Waals surface area contributed by atoms with Crippen molar-refractivity contribution in [2.75, 3.05) is 6.54 Å². The first-order valence-corrected chi connectivity index (χ1v) is 4.86. The number of carbonyl (C=O) groups is 1. The van der Waals surface area contributed by atoms with E-state index in [1.54, 1.807) is 13.8 Å². The second kappa shape index (κ2) is 7.00. The van der Waals surface area contributed by atoms with Gasteiger partial charge in [0.1, 0.15) is 6.04 Å². The SMILES string of the molecule is CC(=CCCCN=C(C)N)C(N)C(=O)O. The molecule has 0 aromatic carbocycles. The Hall–Kier alpha value is -1.36. The summed E-state index contributed by atoms with van der Waals surface area (Å²) < 4.78 is 0. The van der Waals surface area contributed by atoms with Gasteiger partial charge in [0.25, 0.3) is 0 Å². The van der Waals surface area contributed by atoms with Crippen LogP contribution in [0.3, 0.4) is 0 Å². The highest BCUT2D eigenvalue weighted by Crippen LogP contribution is 2.02. The van der Waals surface area contributed by atoms with Gasteiger partial charge < -0.3 is 16.6 Å². The first-order valence-electron chi connectivity index (χ1n) is 4.86. The monoisotopic (exact) mass is 213 g/mol. The normalized spacial score (nSPS) is 15.1. The van der Waals surface area contributed by atoms with Crippen LogP contribution in [-0.4, -0.2) is 29.5 Å². The van der Waals surface area contributed by atoms with Gasteiger partial charge in [-0.15, -0.1) is 0 Å². The molecule has 0 aromatic rings. The van der Waals surface area contributed by atoms with Gasteiger partial charge in [-0.1, -0.05) is 6.08 Å². The van der Waals surface area contributed by atoms with Gasteiger partial charge in [0, 0.05) is 6.54 Å². The first kappa shape index (κ1) is 13.6. The topological polar surface area (TPSA) is 102 Å². The molecular formula is C10H19N3O2. The van der Waals surface area contributed by atoms with Gasteiger partial charge in [0.2, 0.25) is 0 Å². The van der Waals surface area contributed by atoms with E-state index in [-0.39, 0.29) is 0 Å². The van der Waals surface area contributed by atoms with Gasteiger partial charge in [-0.2, -0.15) is 0 Å². The molecule has 5 nitrogen and oxygen atoms in total. The van der Waals surface area contributed by atoms with Crippen molar-refractivity contribution in [3.05, 3.63) is 11.6 Å². The summed E-state index contributed by atoms with van der Waals surface area (Å²) in [5, 5.41) is 8.62. The van der Waals surface area contributed by atoms with Crippen LogP contribution in [0.2, 0.25) is 0 Å². The molecule has 1 atom stereocenters. The summed E-state index contributed by atoms with van der Waals surface area (Å²) in [4.78, 5) is 14.5. The van der Waals surface area contributed by atoms with Crippen molar-refractivity contribution >= 4 is 11.8 Å². The molecule has 0 rings (SSSR count). The number of carboxylic acid groups (broad SMARTS) is 1. The van der Waals surface area contributed by atoms with Crippen LogP contribution >= 0.6 is 0 Å². The number of hydrogen-bond donors (Lipinski definition) is 3. The van der Waals surface area contributed by atoms with E-state index in [0.29, 0.717) is 18.0 Å². The number of rotatable bonds is 6. The van der Waals surface area contributed by atoms with Gasteiger partial charge in [-0.3, -0.25) is 9.79 Å². The molecule has 0 amide bonds. The minimum atomic E-state index is -1.00. The van der Waals surface area contributed by atoms with E-state index in [4.69, 9.17) is 16.6 Å². The molecule has 0 aliphatic carbocycles. The van der Waals surface area contributed by atoms with Gasteiger partial charge in [0.15, 0.2) is 0 Å². The van der Waals surface area contributed by atoms with Crippen molar-refractivity contribution in [1.82, 2.24) is 0 Å². The van der Waals surface area contributed by atoms with Crippen LogP contribution in [0.25, 0.3) is 0 Å². The van der Waals surface area contributed by atoms with Crippen molar-refractivity contribution in [3.63, 3.8) is 0 Å². The maximum Gasteiger partial charge on any atom is 0.324 e. The van der Waals surface area contributed by atoms with E-state index in [9.17, 15) is 4.79 Å². The summed E-state index contributed by atoms with van der Waals surface area (Å²) in [6, 6.07) is -0.898. The second-order valence-electron chi connectivity index (χ2n) is 3.43. The van der Waals surface area contributed by atoms with Crippen LogP contribution in [0.5, 0.6) is 0 Å². The Morgan fingerprint density at radius 2 is 2.13 bits per heavy atom. The summed E-state index contributed by atoms with van der Waals surface area (Å²) in [7, 11) is 0.